The van der Waals surface area contributed by atoms with Gasteiger partial charge in [-0.15, -0.1) is 0 Å². The summed E-state index contributed by atoms with van der Waals surface area (Å²) in [6.07, 6.45) is 6.94. The highest BCUT2D eigenvalue weighted by Gasteiger charge is 2.33. The summed E-state index contributed by atoms with van der Waals surface area (Å²) in [6, 6.07) is 2.05. The molecule has 1 aliphatic carbocycles. The zero-order chi connectivity index (χ0) is 25.4. The quantitative estimate of drug-likeness (QED) is 0.200. The van der Waals surface area contributed by atoms with Crippen molar-refractivity contribution in [1.29, 1.82) is 5.26 Å². The zero-order valence-electron chi connectivity index (χ0n) is 20.7. The lowest BCUT2D eigenvalue weighted by atomic mass is 9.76. The van der Waals surface area contributed by atoms with Crippen LogP contribution in [0.5, 0.6) is 0 Å². The molecule has 0 aromatic rings. The van der Waals surface area contributed by atoms with Crippen molar-refractivity contribution in [3.63, 3.8) is 0 Å². The number of nitrogens with zero attached hydrogens (tertiary/aromatic N) is 3. The molecule has 3 aliphatic rings. The molecular formula is C24H37BN4O6. The average Bonchev–Trinajstić information content (AvgIpc) is 3.35. The Morgan fingerprint density at radius 3 is 2.71 bits per heavy atom. The number of piperidine rings is 1. The molecule has 3 N–H and O–H groups in total. The van der Waals surface area contributed by atoms with Gasteiger partial charge in [-0.1, -0.05) is 11.6 Å². The van der Waals surface area contributed by atoms with Crippen molar-refractivity contribution < 1.29 is 29.1 Å². The Hall–Kier alpha value is -2.39. The third-order valence-electron chi connectivity index (χ3n) is 6.89. The Bertz CT molecular complexity index is 863. The molecule has 0 radical (unpaired) electrons. The van der Waals surface area contributed by atoms with Gasteiger partial charge in [0.15, 0.2) is 0 Å². The van der Waals surface area contributed by atoms with Crippen LogP contribution in [0.4, 0.5) is 4.79 Å². The number of nitrogens with one attached hydrogen (secondary N) is 1. The minimum atomic E-state index is -1.70. The molecule has 2 saturated heterocycles. The van der Waals surface area contributed by atoms with Gasteiger partial charge < -0.3 is 29.7 Å². The summed E-state index contributed by atoms with van der Waals surface area (Å²) in [5, 5.41) is 31.6. The first-order chi connectivity index (χ1) is 16.7. The van der Waals surface area contributed by atoms with Crippen LogP contribution >= 0.6 is 0 Å². The Morgan fingerprint density at radius 2 is 2.09 bits per heavy atom. The van der Waals surface area contributed by atoms with Crippen LogP contribution in [0.3, 0.4) is 0 Å². The standard InChI is InChI=1S/C24H37BN4O6/c1-24(2,29-10-12-34-13-11-29)15-19(16-26)22(30)28-9-5-8-20(17-28)35-23(31)27-21(25(32)33)14-18-6-3-4-7-18/h6,15,20-21,32-33H,3-5,7-14,17H2,1-2H3,(H,27,31)/b19-15+/t20-,21-/m0/s1. The van der Waals surface area contributed by atoms with Gasteiger partial charge in [-0.2, -0.15) is 5.26 Å². The number of morpholine rings is 1. The van der Waals surface area contributed by atoms with Gasteiger partial charge in [0, 0.05) is 25.2 Å². The fourth-order valence-electron chi connectivity index (χ4n) is 4.89. The van der Waals surface area contributed by atoms with Gasteiger partial charge in [-0.25, -0.2) is 4.79 Å². The summed E-state index contributed by atoms with van der Waals surface area (Å²) in [6.45, 7) is 7.30. The molecular weight excluding hydrogens is 451 g/mol. The summed E-state index contributed by atoms with van der Waals surface area (Å²) in [5.41, 5.74) is 0.680. The molecule has 2 amide bonds. The maximum Gasteiger partial charge on any atom is 0.475 e. The number of allylic oxidation sites excluding steroid dienone is 1. The van der Waals surface area contributed by atoms with Crippen molar-refractivity contribution in [1.82, 2.24) is 15.1 Å². The van der Waals surface area contributed by atoms with E-state index in [0.29, 0.717) is 39.0 Å². The van der Waals surface area contributed by atoms with Gasteiger partial charge in [0.2, 0.25) is 0 Å². The van der Waals surface area contributed by atoms with E-state index in [9.17, 15) is 24.9 Å². The molecule has 0 bridgehead atoms. The Kier molecular flexibility index (Phi) is 9.75. The fraction of sp³-hybridized carbons (Fsp3) is 0.708. The molecule has 0 aromatic heterocycles. The third kappa shape index (κ3) is 7.80. The molecule has 0 saturated carbocycles. The number of hydrogen-bond donors (Lipinski definition) is 3. The normalized spacial score (nSPS) is 22.7. The van der Waals surface area contributed by atoms with Crippen LogP contribution in [0.1, 0.15) is 52.4 Å². The van der Waals surface area contributed by atoms with Crippen molar-refractivity contribution in [2.75, 3.05) is 39.4 Å². The largest absolute Gasteiger partial charge is 0.475 e. The van der Waals surface area contributed by atoms with Gasteiger partial charge in [-0.05, 0) is 58.4 Å². The lowest BCUT2D eigenvalue weighted by Gasteiger charge is -2.39. The van der Waals surface area contributed by atoms with Gasteiger partial charge in [-0.3, -0.25) is 9.69 Å². The van der Waals surface area contributed by atoms with Crippen LogP contribution in [0.2, 0.25) is 0 Å². The van der Waals surface area contributed by atoms with E-state index in [4.69, 9.17) is 9.47 Å². The van der Waals surface area contributed by atoms with E-state index in [1.165, 1.54) is 0 Å². The Labute approximate surface area is 207 Å². The van der Waals surface area contributed by atoms with Crippen molar-refractivity contribution in [3.05, 3.63) is 23.3 Å². The molecule has 2 atom stereocenters. The lowest BCUT2D eigenvalue weighted by molar-refractivity contribution is -0.129. The molecule has 2 heterocycles. The summed E-state index contributed by atoms with van der Waals surface area (Å²) >= 11 is 0. The second-order valence-corrected chi connectivity index (χ2v) is 9.97. The number of carbonyl (C=O) groups excluding carboxylic acids is 2. The minimum Gasteiger partial charge on any atom is -0.444 e. The number of alkyl carbamates (subject to hydrolysis) is 1. The molecule has 11 heteroatoms. The number of hydrogen-bond acceptors (Lipinski definition) is 8. The van der Waals surface area contributed by atoms with Crippen molar-refractivity contribution >= 4 is 19.1 Å². The average molecular weight is 488 g/mol. The SMILES string of the molecule is CC(C)(/C=C(\C#N)C(=O)N1CCC[C@H](OC(=O)N[C@@H](CC2=CCCC2)B(O)O)C1)N1CCOCC1. The maximum absolute atomic E-state index is 13.1. The molecule has 2 aliphatic heterocycles. The summed E-state index contributed by atoms with van der Waals surface area (Å²) < 4.78 is 10.9. The number of rotatable bonds is 8. The monoisotopic (exact) mass is 488 g/mol. The molecule has 192 valence electrons. The highest BCUT2D eigenvalue weighted by molar-refractivity contribution is 6.43. The van der Waals surface area contributed by atoms with Crippen molar-refractivity contribution in [2.45, 2.75) is 70.0 Å². The fourth-order valence-corrected chi connectivity index (χ4v) is 4.89. The highest BCUT2D eigenvalue weighted by atomic mass is 16.6. The molecule has 10 nitrogen and oxygen atoms in total. The Balaban J connectivity index is 1.57. The second kappa shape index (κ2) is 12.5. The first-order valence-corrected chi connectivity index (χ1v) is 12.5. The van der Waals surface area contributed by atoms with Crippen molar-refractivity contribution in [3.8, 4) is 6.07 Å². The van der Waals surface area contributed by atoms with Gasteiger partial charge >= 0.3 is 13.2 Å². The highest BCUT2D eigenvalue weighted by Crippen LogP contribution is 2.23. The third-order valence-corrected chi connectivity index (χ3v) is 6.89. The smallest absolute Gasteiger partial charge is 0.444 e. The van der Waals surface area contributed by atoms with Crippen LogP contribution in [0.15, 0.2) is 23.3 Å². The minimum absolute atomic E-state index is 0.0694. The van der Waals surface area contributed by atoms with Gasteiger partial charge in [0.25, 0.3) is 5.91 Å². The first kappa shape index (κ1) is 27.2. The van der Waals surface area contributed by atoms with Gasteiger partial charge in [0.1, 0.15) is 17.7 Å². The first-order valence-electron chi connectivity index (χ1n) is 12.5. The number of ether oxygens (including phenoxy) is 2. The van der Waals surface area contributed by atoms with Crippen LogP contribution in [0.25, 0.3) is 0 Å². The number of likely N-dealkylation sites (tertiary alicyclic amines) is 1. The maximum atomic E-state index is 13.1. The lowest BCUT2D eigenvalue weighted by Crippen LogP contribution is -2.50. The topological polar surface area (TPSA) is 135 Å². The van der Waals surface area contributed by atoms with E-state index in [2.05, 4.69) is 22.4 Å². The number of nitriles is 1. The van der Waals surface area contributed by atoms with Gasteiger partial charge in [0.05, 0.1) is 25.7 Å². The predicted octanol–water partition coefficient (Wildman–Crippen LogP) is 1.15. The van der Waals surface area contributed by atoms with E-state index in [1.807, 2.05) is 13.8 Å². The molecule has 2 fully saturated rings. The molecule has 3 rings (SSSR count). The molecule has 35 heavy (non-hydrogen) atoms. The zero-order valence-corrected chi connectivity index (χ0v) is 20.7. The van der Waals surface area contributed by atoms with E-state index in [-0.39, 0.29) is 18.0 Å². The second-order valence-electron chi connectivity index (χ2n) is 9.97. The van der Waals surface area contributed by atoms with Crippen LogP contribution in [-0.2, 0) is 14.3 Å². The summed E-state index contributed by atoms with van der Waals surface area (Å²) in [4.78, 5) is 29.3. The van der Waals surface area contributed by atoms with Crippen molar-refractivity contribution in [2.24, 2.45) is 0 Å². The van der Waals surface area contributed by atoms with E-state index in [1.54, 1.807) is 11.0 Å². The van der Waals surface area contributed by atoms with E-state index < -0.39 is 30.8 Å². The van der Waals surface area contributed by atoms with E-state index >= 15 is 0 Å². The molecule has 0 unspecified atom stereocenters. The number of amides is 2. The number of carbonyl (C=O) groups is 2. The van der Waals surface area contributed by atoms with Crippen LogP contribution in [-0.4, -0.2) is 95.9 Å². The molecule has 0 aromatic carbocycles. The Morgan fingerprint density at radius 1 is 1.34 bits per heavy atom. The predicted molar refractivity (Wildman–Crippen MR) is 130 cm³/mol. The van der Waals surface area contributed by atoms with E-state index in [0.717, 1.165) is 37.9 Å². The summed E-state index contributed by atoms with van der Waals surface area (Å²) in [5.74, 6) is -1.23. The van der Waals surface area contributed by atoms with Crippen LogP contribution < -0.4 is 5.32 Å². The summed E-state index contributed by atoms with van der Waals surface area (Å²) in [7, 11) is -1.70. The molecule has 0 spiro atoms. The van der Waals surface area contributed by atoms with Crippen LogP contribution in [0, 0.1) is 11.3 Å².